The Kier molecular flexibility index (Phi) is 3.16. The Balaban J connectivity index is 2.07. The molecule has 0 aromatic carbocycles. The predicted octanol–water partition coefficient (Wildman–Crippen LogP) is 1.17. The minimum absolute atomic E-state index is 0.511. The summed E-state index contributed by atoms with van der Waals surface area (Å²) in [6, 6.07) is 0. The molecule has 0 saturated carbocycles. The summed E-state index contributed by atoms with van der Waals surface area (Å²) in [4.78, 5) is 10.9. The molecule has 1 aliphatic rings. The van der Waals surface area contributed by atoms with E-state index < -0.39 is 0 Å². The average molecular weight is 206 g/mol. The van der Waals surface area contributed by atoms with Crippen LogP contribution in [0.15, 0.2) is 12.4 Å². The summed E-state index contributed by atoms with van der Waals surface area (Å²) < 4.78 is 0. The minimum Gasteiger partial charge on any atom is -0.341 e. The molecular formula is C11H18N4. The predicted molar refractivity (Wildman–Crippen MR) is 60.5 cm³/mol. The molecule has 2 N–H and O–H groups in total. The number of aromatic nitrogens is 2. The monoisotopic (exact) mass is 206 g/mol. The van der Waals surface area contributed by atoms with E-state index in [0.717, 1.165) is 30.5 Å². The smallest absolute Gasteiger partial charge is 0.225 e. The van der Waals surface area contributed by atoms with Gasteiger partial charge in [-0.2, -0.15) is 0 Å². The topological polar surface area (TPSA) is 55.0 Å². The van der Waals surface area contributed by atoms with Crippen molar-refractivity contribution in [2.75, 3.05) is 18.0 Å². The summed E-state index contributed by atoms with van der Waals surface area (Å²) in [6.45, 7) is 4.94. The van der Waals surface area contributed by atoms with Gasteiger partial charge in [-0.15, -0.1) is 0 Å². The van der Waals surface area contributed by atoms with Crippen LogP contribution in [0.25, 0.3) is 0 Å². The Morgan fingerprint density at radius 2 is 2.20 bits per heavy atom. The van der Waals surface area contributed by atoms with E-state index in [0.29, 0.717) is 6.54 Å². The van der Waals surface area contributed by atoms with Gasteiger partial charge in [-0.25, -0.2) is 9.97 Å². The lowest BCUT2D eigenvalue weighted by Gasteiger charge is -2.30. The first-order chi connectivity index (χ1) is 7.29. The third kappa shape index (κ3) is 2.45. The molecule has 1 aliphatic heterocycles. The summed E-state index contributed by atoms with van der Waals surface area (Å²) in [5, 5.41) is 0. The molecule has 2 heterocycles. The second-order valence-electron chi connectivity index (χ2n) is 4.29. The fourth-order valence-electron chi connectivity index (χ4n) is 1.99. The molecule has 1 aromatic rings. The molecule has 1 unspecified atom stereocenters. The number of anilines is 1. The molecule has 0 spiro atoms. The van der Waals surface area contributed by atoms with Crippen LogP contribution < -0.4 is 10.6 Å². The van der Waals surface area contributed by atoms with E-state index in [1.165, 1.54) is 12.8 Å². The van der Waals surface area contributed by atoms with Gasteiger partial charge in [0, 0.05) is 37.6 Å². The molecule has 4 nitrogen and oxygen atoms in total. The number of piperidine rings is 1. The van der Waals surface area contributed by atoms with Crippen LogP contribution in [0.5, 0.6) is 0 Å². The van der Waals surface area contributed by atoms with Gasteiger partial charge in [0.15, 0.2) is 0 Å². The Labute approximate surface area is 90.5 Å². The molecule has 0 aliphatic carbocycles. The van der Waals surface area contributed by atoms with E-state index >= 15 is 0 Å². The normalized spacial score (nSPS) is 21.7. The zero-order valence-corrected chi connectivity index (χ0v) is 9.19. The van der Waals surface area contributed by atoms with E-state index in [1.54, 1.807) is 0 Å². The van der Waals surface area contributed by atoms with E-state index in [-0.39, 0.29) is 0 Å². The Bertz CT molecular complexity index is 309. The zero-order valence-electron chi connectivity index (χ0n) is 9.19. The third-order valence-electron chi connectivity index (χ3n) is 2.87. The van der Waals surface area contributed by atoms with Gasteiger partial charge >= 0.3 is 0 Å². The van der Waals surface area contributed by atoms with Crippen LogP contribution in [0.1, 0.15) is 25.3 Å². The zero-order chi connectivity index (χ0) is 10.7. The summed E-state index contributed by atoms with van der Waals surface area (Å²) in [5.41, 5.74) is 6.50. The molecule has 1 atom stereocenters. The van der Waals surface area contributed by atoms with Crippen molar-refractivity contribution >= 4 is 5.95 Å². The van der Waals surface area contributed by atoms with Crippen LogP contribution in [0.2, 0.25) is 0 Å². The Hall–Kier alpha value is -1.16. The number of hydrogen-bond donors (Lipinski definition) is 1. The molecule has 0 bridgehead atoms. The fourth-order valence-corrected chi connectivity index (χ4v) is 1.99. The number of hydrogen-bond acceptors (Lipinski definition) is 4. The quantitative estimate of drug-likeness (QED) is 0.789. The molecule has 2 rings (SSSR count). The lowest BCUT2D eigenvalue weighted by Crippen LogP contribution is -2.35. The van der Waals surface area contributed by atoms with E-state index in [2.05, 4.69) is 21.8 Å². The van der Waals surface area contributed by atoms with Crippen molar-refractivity contribution in [3.63, 3.8) is 0 Å². The maximum Gasteiger partial charge on any atom is 0.225 e. The summed E-state index contributed by atoms with van der Waals surface area (Å²) in [5.74, 6) is 1.59. The van der Waals surface area contributed by atoms with Crippen molar-refractivity contribution in [3.8, 4) is 0 Å². The number of nitrogens with zero attached hydrogens (tertiary/aromatic N) is 3. The summed E-state index contributed by atoms with van der Waals surface area (Å²) >= 11 is 0. The van der Waals surface area contributed by atoms with Crippen molar-refractivity contribution in [2.45, 2.75) is 26.3 Å². The lowest BCUT2D eigenvalue weighted by atomic mass is 10.0. The SMILES string of the molecule is CC1CCCN(c2ncc(CN)cn2)C1. The largest absolute Gasteiger partial charge is 0.341 e. The Morgan fingerprint density at radius 1 is 1.47 bits per heavy atom. The van der Waals surface area contributed by atoms with Gasteiger partial charge < -0.3 is 10.6 Å². The van der Waals surface area contributed by atoms with Crippen LogP contribution in [0.4, 0.5) is 5.95 Å². The summed E-state index contributed by atoms with van der Waals surface area (Å²) in [6.07, 6.45) is 6.20. The second kappa shape index (κ2) is 4.57. The van der Waals surface area contributed by atoms with Gasteiger partial charge in [0.2, 0.25) is 5.95 Å². The lowest BCUT2D eigenvalue weighted by molar-refractivity contribution is 0.442. The highest BCUT2D eigenvalue weighted by Crippen LogP contribution is 2.19. The van der Waals surface area contributed by atoms with Crippen molar-refractivity contribution < 1.29 is 0 Å². The maximum atomic E-state index is 5.51. The molecule has 0 amide bonds. The molecule has 82 valence electrons. The second-order valence-corrected chi connectivity index (χ2v) is 4.29. The van der Waals surface area contributed by atoms with Gasteiger partial charge in [0.1, 0.15) is 0 Å². The fraction of sp³-hybridized carbons (Fsp3) is 0.636. The first-order valence-electron chi connectivity index (χ1n) is 5.55. The molecule has 1 aromatic heterocycles. The number of rotatable bonds is 2. The van der Waals surface area contributed by atoms with Gasteiger partial charge in [-0.3, -0.25) is 0 Å². The molecule has 15 heavy (non-hydrogen) atoms. The Morgan fingerprint density at radius 3 is 2.80 bits per heavy atom. The van der Waals surface area contributed by atoms with Crippen molar-refractivity contribution in [1.29, 1.82) is 0 Å². The van der Waals surface area contributed by atoms with Crippen LogP contribution in [0.3, 0.4) is 0 Å². The average Bonchev–Trinajstić information content (AvgIpc) is 2.29. The molecular weight excluding hydrogens is 188 g/mol. The highest BCUT2D eigenvalue weighted by Gasteiger charge is 2.18. The first kappa shape index (κ1) is 10.4. The highest BCUT2D eigenvalue weighted by atomic mass is 15.2. The standard InChI is InChI=1S/C11H18N4/c1-9-3-2-4-15(8-9)11-13-6-10(5-12)7-14-11/h6-7,9H,2-5,8,12H2,1H3. The van der Waals surface area contributed by atoms with Crippen LogP contribution in [-0.4, -0.2) is 23.1 Å². The van der Waals surface area contributed by atoms with Gasteiger partial charge in [-0.1, -0.05) is 6.92 Å². The van der Waals surface area contributed by atoms with Crippen molar-refractivity contribution in [3.05, 3.63) is 18.0 Å². The molecule has 1 fully saturated rings. The van der Waals surface area contributed by atoms with E-state index in [4.69, 9.17) is 5.73 Å². The van der Waals surface area contributed by atoms with Crippen LogP contribution in [0, 0.1) is 5.92 Å². The third-order valence-corrected chi connectivity index (χ3v) is 2.87. The maximum absolute atomic E-state index is 5.51. The van der Waals surface area contributed by atoms with E-state index in [9.17, 15) is 0 Å². The minimum atomic E-state index is 0.511. The highest BCUT2D eigenvalue weighted by molar-refractivity contribution is 5.30. The van der Waals surface area contributed by atoms with E-state index in [1.807, 2.05) is 12.4 Å². The van der Waals surface area contributed by atoms with Gasteiger partial charge in [-0.05, 0) is 18.8 Å². The number of nitrogens with two attached hydrogens (primary N) is 1. The van der Waals surface area contributed by atoms with Gasteiger partial charge in [0.05, 0.1) is 0 Å². The first-order valence-corrected chi connectivity index (χ1v) is 5.55. The van der Waals surface area contributed by atoms with Crippen molar-refractivity contribution in [2.24, 2.45) is 11.7 Å². The molecule has 4 heteroatoms. The summed E-state index contributed by atoms with van der Waals surface area (Å²) in [7, 11) is 0. The molecule has 1 saturated heterocycles. The van der Waals surface area contributed by atoms with Gasteiger partial charge in [0.25, 0.3) is 0 Å². The van der Waals surface area contributed by atoms with Crippen molar-refractivity contribution in [1.82, 2.24) is 9.97 Å². The van der Waals surface area contributed by atoms with Crippen LogP contribution >= 0.6 is 0 Å². The molecule has 0 radical (unpaired) electrons. The van der Waals surface area contributed by atoms with Crippen LogP contribution in [-0.2, 0) is 6.54 Å².